The third-order valence-electron chi connectivity index (χ3n) is 2.98. The molecular weight excluding hydrogens is 132 g/mol. The zero-order valence-corrected chi connectivity index (χ0v) is 8.48. The van der Waals surface area contributed by atoms with E-state index in [0.717, 1.165) is 11.8 Å². The first-order chi connectivity index (χ1) is 5.02. The van der Waals surface area contributed by atoms with Gasteiger partial charge in [0.05, 0.1) is 0 Å². The molecule has 1 saturated carbocycles. The van der Waals surface area contributed by atoms with E-state index in [1.807, 2.05) is 0 Å². The minimum Gasteiger partial charge on any atom is -0.0628 e. The van der Waals surface area contributed by atoms with Crippen LogP contribution in [0.3, 0.4) is 0 Å². The Bertz CT molecular complexity index is 126. The molecule has 0 aliphatic heterocycles. The van der Waals surface area contributed by atoms with Crippen molar-refractivity contribution in [2.45, 2.75) is 53.4 Å². The van der Waals surface area contributed by atoms with Crippen LogP contribution in [0.4, 0.5) is 0 Å². The van der Waals surface area contributed by atoms with Crippen LogP contribution >= 0.6 is 0 Å². The topological polar surface area (TPSA) is 0 Å². The van der Waals surface area contributed by atoms with Crippen LogP contribution in [0.2, 0.25) is 0 Å². The summed E-state index contributed by atoms with van der Waals surface area (Å²) in [6.45, 7) is 9.55. The molecule has 0 nitrogen and oxygen atoms in total. The van der Waals surface area contributed by atoms with Crippen LogP contribution < -0.4 is 0 Å². The highest BCUT2D eigenvalue weighted by atomic mass is 14.4. The average molecular weight is 154 g/mol. The Morgan fingerprint density at radius 3 is 2.45 bits per heavy atom. The van der Waals surface area contributed by atoms with Crippen molar-refractivity contribution >= 4 is 0 Å². The first-order valence-corrected chi connectivity index (χ1v) is 5.02. The van der Waals surface area contributed by atoms with Gasteiger partial charge in [0.15, 0.2) is 0 Å². The normalized spacial score (nSPS) is 38.5. The van der Waals surface area contributed by atoms with Crippen molar-refractivity contribution in [1.82, 2.24) is 0 Å². The lowest BCUT2D eigenvalue weighted by molar-refractivity contribution is 0.257. The van der Waals surface area contributed by atoms with Crippen LogP contribution in [0, 0.1) is 17.3 Å². The summed E-state index contributed by atoms with van der Waals surface area (Å²) in [4.78, 5) is 0. The predicted octanol–water partition coefficient (Wildman–Crippen LogP) is 3.86. The maximum atomic E-state index is 2.47. The lowest BCUT2D eigenvalue weighted by Crippen LogP contribution is -2.14. The van der Waals surface area contributed by atoms with Crippen molar-refractivity contribution < 1.29 is 0 Å². The van der Waals surface area contributed by atoms with E-state index in [4.69, 9.17) is 0 Å². The average Bonchev–Trinajstić information content (AvgIpc) is 2.08. The number of hydrogen-bond acceptors (Lipinski definition) is 0. The van der Waals surface area contributed by atoms with E-state index in [1.165, 1.54) is 25.7 Å². The van der Waals surface area contributed by atoms with Crippen LogP contribution in [0.5, 0.6) is 0 Å². The predicted molar refractivity (Wildman–Crippen MR) is 50.6 cm³/mol. The van der Waals surface area contributed by atoms with Crippen LogP contribution in [0.15, 0.2) is 0 Å². The van der Waals surface area contributed by atoms with Crippen molar-refractivity contribution in [3.05, 3.63) is 0 Å². The van der Waals surface area contributed by atoms with E-state index in [1.54, 1.807) is 0 Å². The Balaban J connectivity index is 2.42. The Morgan fingerprint density at radius 1 is 1.45 bits per heavy atom. The summed E-state index contributed by atoms with van der Waals surface area (Å²) >= 11 is 0. The highest BCUT2D eigenvalue weighted by molar-refractivity contribution is 4.84. The van der Waals surface area contributed by atoms with E-state index in [9.17, 15) is 0 Å². The van der Waals surface area contributed by atoms with Gasteiger partial charge in [-0.3, -0.25) is 0 Å². The molecule has 0 radical (unpaired) electrons. The number of rotatable bonds is 2. The molecule has 0 aromatic carbocycles. The van der Waals surface area contributed by atoms with Gasteiger partial charge < -0.3 is 0 Å². The molecule has 1 aliphatic carbocycles. The van der Waals surface area contributed by atoms with Gasteiger partial charge in [-0.05, 0) is 36.5 Å². The number of hydrogen-bond donors (Lipinski definition) is 0. The molecule has 0 amide bonds. The summed E-state index contributed by atoms with van der Waals surface area (Å²) in [5.74, 6) is 1.86. The van der Waals surface area contributed by atoms with Gasteiger partial charge in [-0.2, -0.15) is 0 Å². The third kappa shape index (κ3) is 2.50. The second-order valence-corrected chi connectivity index (χ2v) is 5.26. The van der Waals surface area contributed by atoms with E-state index in [2.05, 4.69) is 27.7 Å². The molecule has 0 heterocycles. The first kappa shape index (κ1) is 9.09. The molecular formula is C11H22. The minimum absolute atomic E-state index is 0.688. The Labute approximate surface area is 71.4 Å². The molecule has 0 unspecified atom stereocenters. The van der Waals surface area contributed by atoms with E-state index in [-0.39, 0.29) is 0 Å². The van der Waals surface area contributed by atoms with Gasteiger partial charge in [-0.15, -0.1) is 0 Å². The molecule has 0 bridgehead atoms. The fourth-order valence-corrected chi connectivity index (χ4v) is 2.81. The van der Waals surface area contributed by atoms with Crippen LogP contribution in [-0.4, -0.2) is 0 Å². The van der Waals surface area contributed by atoms with Gasteiger partial charge in [0, 0.05) is 0 Å². The van der Waals surface area contributed by atoms with Crippen LogP contribution in [0.1, 0.15) is 53.4 Å². The van der Waals surface area contributed by atoms with Crippen LogP contribution in [-0.2, 0) is 0 Å². The van der Waals surface area contributed by atoms with Crippen LogP contribution in [0.25, 0.3) is 0 Å². The Morgan fingerprint density at radius 2 is 2.09 bits per heavy atom. The molecule has 0 N–H and O–H groups in total. The zero-order valence-electron chi connectivity index (χ0n) is 8.48. The van der Waals surface area contributed by atoms with Crippen molar-refractivity contribution in [3.8, 4) is 0 Å². The lowest BCUT2D eigenvalue weighted by atomic mass is 9.80. The fourth-order valence-electron chi connectivity index (χ4n) is 2.81. The summed E-state index contributed by atoms with van der Waals surface area (Å²) in [7, 11) is 0. The zero-order chi connectivity index (χ0) is 8.48. The standard InChI is InChI=1S/C11H22/c1-9(2)7-11(4)6-5-10(3)8-11/h9-10H,5-8H2,1-4H3/t10-,11+/m0/s1. The van der Waals surface area contributed by atoms with Gasteiger partial charge in [0.2, 0.25) is 0 Å². The van der Waals surface area contributed by atoms with Gasteiger partial charge in [0.1, 0.15) is 0 Å². The van der Waals surface area contributed by atoms with Crippen molar-refractivity contribution in [2.75, 3.05) is 0 Å². The Hall–Kier alpha value is 0. The van der Waals surface area contributed by atoms with E-state index >= 15 is 0 Å². The molecule has 0 saturated heterocycles. The molecule has 1 rings (SSSR count). The molecule has 66 valence electrons. The molecule has 0 aromatic rings. The second kappa shape index (κ2) is 3.16. The maximum absolute atomic E-state index is 2.47. The summed E-state index contributed by atoms with van der Waals surface area (Å²) in [6, 6.07) is 0. The summed E-state index contributed by atoms with van der Waals surface area (Å²) in [5, 5.41) is 0. The van der Waals surface area contributed by atoms with Crippen molar-refractivity contribution in [2.24, 2.45) is 17.3 Å². The van der Waals surface area contributed by atoms with Gasteiger partial charge in [-0.1, -0.05) is 34.1 Å². The van der Waals surface area contributed by atoms with Gasteiger partial charge in [-0.25, -0.2) is 0 Å². The highest BCUT2D eigenvalue weighted by Gasteiger charge is 2.32. The van der Waals surface area contributed by atoms with Crippen molar-refractivity contribution in [1.29, 1.82) is 0 Å². The van der Waals surface area contributed by atoms with Gasteiger partial charge >= 0.3 is 0 Å². The quantitative estimate of drug-likeness (QED) is 0.566. The molecule has 1 aliphatic rings. The fraction of sp³-hybridized carbons (Fsp3) is 1.00. The largest absolute Gasteiger partial charge is 0.0628 e. The summed E-state index contributed by atoms with van der Waals surface area (Å²) < 4.78 is 0. The smallest absolute Gasteiger partial charge is 0.0321 e. The molecule has 0 spiro atoms. The molecule has 1 fully saturated rings. The first-order valence-electron chi connectivity index (χ1n) is 5.02. The SMILES string of the molecule is CC(C)C[C@@]1(C)CC[C@H](C)C1. The molecule has 0 heteroatoms. The molecule has 0 aromatic heterocycles. The third-order valence-corrected chi connectivity index (χ3v) is 2.98. The minimum atomic E-state index is 0.688. The van der Waals surface area contributed by atoms with E-state index in [0.29, 0.717) is 5.41 Å². The molecule has 2 atom stereocenters. The monoisotopic (exact) mass is 154 g/mol. The highest BCUT2D eigenvalue weighted by Crippen LogP contribution is 2.45. The van der Waals surface area contributed by atoms with E-state index < -0.39 is 0 Å². The Kier molecular flexibility index (Phi) is 2.61. The lowest BCUT2D eigenvalue weighted by Gasteiger charge is -2.25. The second-order valence-electron chi connectivity index (χ2n) is 5.26. The molecule has 11 heavy (non-hydrogen) atoms. The van der Waals surface area contributed by atoms with Crippen molar-refractivity contribution in [3.63, 3.8) is 0 Å². The van der Waals surface area contributed by atoms with Gasteiger partial charge in [0.25, 0.3) is 0 Å². The maximum Gasteiger partial charge on any atom is -0.0321 e. The summed E-state index contributed by atoms with van der Waals surface area (Å²) in [6.07, 6.45) is 5.82. The summed E-state index contributed by atoms with van der Waals surface area (Å²) in [5.41, 5.74) is 0.688.